The number of rotatable bonds is 1. The van der Waals surface area contributed by atoms with Crippen molar-refractivity contribution in [2.45, 2.75) is 12.3 Å². The summed E-state index contributed by atoms with van der Waals surface area (Å²) in [6, 6.07) is 16.3. The molecule has 0 amide bonds. The van der Waals surface area contributed by atoms with Gasteiger partial charge in [-0.2, -0.15) is 0 Å². The predicted molar refractivity (Wildman–Crippen MR) is 69.8 cm³/mol. The van der Waals surface area contributed by atoms with E-state index in [0.29, 0.717) is 5.92 Å². The van der Waals surface area contributed by atoms with Crippen LogP contribution in [0.5, 0.6) is 5.75 Å². The fraction of sp³-hybridized carbons (Fsp3) is 0.200. The molecule has 2 aromatic carbocycles. The number of hydrogen-bond acceptors (Lipinski definition) is 1. The summed E-state index contributed by atoms with van der Waals surface area (Å²) in [4.78, 5) is 0. The van der Waals surface area contributed by atoms with E-state index < -0.39 is 0 Å². The van der Waals surface area contributed by atoms with Gasteiger partial charge < -0.3 is 4.74 Å². The highest BCUT2D eigenvalue weighted by molar-refractivity contribution is 6.30. The van der Waals surface area contributed by atoms with Gasteiger partial charge in [0.25, 0.3) is 0 Å². The molecule has 0 bridgehead atoms. The summed E-state index contributed by atoms with van der Waals surface area (Å²) in [5, 5.41) is 0.779. The molecule has 0 radical (unpaired) electrons. The van der Waals surface area contributed by atoms with E-state index in [-0.39, 0.29) is 0 Å². The zero-order valence-corrected chi connectivity index (χ0v) is 10.2. The zero-order chi connectivity index (χ0) is 11.7. The molecular formula is C15H13ClO. The van der Waals surface area contributed by atoms with Crippen LogP contribution in [-0.2, 0) is 6.42 Å². The van der Waals surface area contributed by atoms with Gasteiger partial charge in [-0.1, -0.05) is 41.9 Å². The van der Waals surface area contributed by atoms with E-state index in [0.717, 1.165) is 23.8 Å². The van der Waals surface area contributed by atoms with Gasteiger partial charge in [-0.3, -0.25) is 0 Å². The SMILES string of the molecule is Clc1ccc2c(c1)C[C@@H](c1ccccc1)CO2. The third kappa shape index (κ3) is 2.16. The Hall–Kier alpha value is -1.47. The lowest BCUT2D eigenvalue weighted by Crippen LogP contribution is -2.19. The van der Waals surface area contributed by atoms with Gasteiger partial charge >= 0.3 is 0 Å². The fourth-order valence-corrected chi connectivity index (χ4v) is 2.50. The van der Waals surface area contributed by atoms with E-state index >= 15 is 0 Å². The first-order chi connectivity index (χ1) is 8.33. The molecule has 17 heavy (non-hydrogen) atoms. The van der Waals surface area contributed by atoms with E-state index in [1.807, 2.05) is 24.3 Å². The van der Waals surface area contributed by atoms with Gasteiger partial charge in [0, 0.05) is 10.9 Å². The molecule has 1 atom stereocenters. The van der Waals surface area contributed by atoms with E-state index in [9.17, 15) is 0 Å². The first kappa shape index (κ1) is 10.7. The molecule has 1 aliphatic rings. The lowest BCUT2D eigenvalue weighted by molar-refractivity contribution is 0.262. The molecule has 0 aliphatic carbocycles. The largest absolute Gasteiger partial charge is 0.493 e. The summed E-state index contributed by atoms with van der Waals surface area (Å²) in [6.07, 6.45) is 1.000. The predicted octanol–water partition coefficient (Wildman–Crippen LogP) is 4.06. The van der Waals surface area contributed by atoms with Crippen molar-refractivity contribution in [3.63, 3.8) is 0 Å². The standard InChI is InChI=1S/C15H13ClO/c16-14-6-7-15-12(9-14)8-13(10-17-15)11-4-2-1-3-5-11/h1-7,9,13H,8,10H2/t13-/m1/s1. The van der Waals surface area contributed by atoms with Crippen LogP contribution in [0.3, 0.4) is 0 Å². The fourth-order valence-electron chi connectivity index (χ4n) is 2.30. The minimum absolute atomic E-state index is 0.433. The average molecular weight is 245 g/mol. The molecule has 0 N–H and O–H groups in total. The molecule has 2 heteroatoms. The van der Waals surface area contributed by atoms with Gasteiger partial charge in [0.15, 0.2) is 0 Å². The van der Waals surface area contributed by atoms with Gasteiger partial charge in [0.2, 0.25) is 0 Å². The molecule has 1 nitrogen and oxygen atoms in total. The van der Waals surface area contributed by atoms with Gasteiger partial charge in [-0.15, -0.1) is 0 Å². The van der Waals surface area contributed by atoms with Crippen molar-refractivity contribution in [1.29, 1.82) is 0 Å². The van der Waals surface area contributed by atoms with Crippen molar-refractivity contribution in [2.24, 2.45) is 0 Å². The van der Waals surface area contributed by atoms with Crippen molar-refractivity contribution >= 4 is 11.6 Å². The van der Waals surface area contributed by atoms with Crippen molar-refractivity contribution in [3.05, 3.63) is 64.7 Å². The summed E-state index contributed by atoms with van der Waals surface area (Å²) < 4.78 is 5.79. The van der Waals surface area contributed by atoms with Crippen LogP contribution in [0.4, 0.5) is 0 Å². The summed E-state index contributed by atoms with van der Waals surface area (Å²) in [7, 11) is 0. The molecule has 0 spiro atoms. The second kappa shape index (κ2) is 4.42. The van der Waals surface area contributed by atoms with Crippen molar-refractivity contribution in [1.82, 2.24) is 0 Å². The third-order valence-electron chi connectivity index (χ3n) is 3.20. The van der Waals surface area contributed by atoms with E-state index in [1.165, 1.54) is 11.1 Å². The normalized spacial score (nSPS) is 18.3. The van der Waals surface area contributed by atoms with Crippen LogP contribution >= 0.6 is 11.6 Å². The minimum Gasteiger partial charge on any atom is -0.493 e. The minimum atomic E-state index is 0.433. The molecule has 0 unspecified atom stereocenters. The molecule has 1 heterocycles. The Labute approximate surface area is 106 Å². The molecule has 0 saturated heterocycles. The number of ether oxygens (including phenoxy) is 1. The van der Waals surface area contributed by atoms with Gasteiger partial charge in [0.05, 0.1) is 6.61 Å². The Balaban J connectivity index is 1.90. The van der Waals surface area contributed by atoms with E-state index in [2.05, 4.69) is 24.3 Å². The monoisotopic (exact) mass is 244 g/mol. The van der Waals surface area contributed by atoms with Crippen LogP contribution in [0.25, 0.3) is 0 Å². The second-order valence-electron chi connectivity index (χ2n) is 4.37. The Bertz CT molecular complexity index is 522. The maximum absolute atomic E-state index is 6.01. The summed E-state index contributed by atoms with van der Waals surface area (Å²) in [6.45, 7) is 0.749. The van der Waals surface area contributed by atoms with Crippen LogP contribution in [0.2, 0.25) is 5.02 Å². The van der Waals surface area contributed by atoms with E-state index in [4.69, 9.17) is 16.3 Å². The molecule has 1 aliphatic heterocycles. The highest BCUT2D eigenvalue weighted by Crippen LogP contribution is 2.33. The molecule has 0 fully saturated rings. The van der Waals surface area contributed by atoms with Crippen LogP contribution < -0.4 is 4.74 Å². The van der Waals surface area contributed by atoms with Crippen molar-refractivity contribution < 1.29 is 4.74 Å². The van der Waals surface area contributed by atoms with Crippen LogP contribution in [0.1, 0.15) is 17.0 Å². The Morgan fingerprint density at radius 3 is 2.71 bits per heavy atom. The van der Waals surface area contributed by atoms with Crippen LogP contribution in [0.15, 0.2) is 48.5 Å². The Kier molecular flexibility index (Phi) is 2.77. The zero-order valence-electron chi connectivity index (χ0n) is 9.40. The second-order valence-corrected chi connectivity index (χ2v) is 4.81. The Morgan fingerprint density at radius 1 is 1.06 bits per heavy atom. The first-order valence-corrected chi connectivity index (χ1v) is 6.17. The topological polar surface area (TPSA) is 9.23 Å². The number of hydrogen-bond donors (Lipinski definition) is 0. The van der Waals surface area contributed by atoms with Crippen molar-refractivity contribution in [2.75, 3.05) is 6.61 Å². The quantitative estimate of drug-likeness (QED) is 0.735. The molecule has 2 aromatic rings. The average Bonchev–Trinajstić information content (AvgIpc) is 2.39. The van der Waals surface area contributed by atoms with Crippen molar-refractivity contribution in [3.8, 4) is 5.75 Å². The van der Waals surface area contributed by atoms with E-state index in [1.54, 1.807) is 0 Å². The summed E-state index contributed by atoms with van der Waals surface area (Å²) in [5.41, 5.74) is 2.54. The van der Waals surface area contributed by atoms with Gasteiger partial charge in [0.1, 0.15) is 5.75 Å². The smallest absolute Gasteiger partial charge is 0.122 e. The maximum Gasteiger partial charge on any atom is 0.122 e. The number of halogens is 1. The highest BCUT2D eigenvalue weighted by atomic mass is 35.5. The molecule has 0 aromatic heterocycles. The molecule has 3 rings (SSSR count). The first-order valence-electron chi connectivity index (χ1n) is 5.79. The number of benzene rings is 2. The van der Waals surface area contributed by atoms with Gasteiger partial charge in [-0.05, 0) is 35.7 Å². The third-order valence-corrected chi connectivity index (χ3v) is 3.43. The lowest BCUT2D eigenvalue weighted by atomic mass is 9.90. The molecule has 0 saturated carbocycles. The molecule has 86 valence electrons. The lowest BCUT2D eigenvalue weighted by Gasteiger charge is -2.25. The van der Waals surface area contributed by atoms with Crippen LogP contribution in [0, 0.1) is 0 Å². The van der Waals surface area contributed by atoms with Crippen LogP contribution in [-0.4, -0.2) is 6.61 Å². The Morgan fingerprint density at radius 2 is 1.88 bits per heavy atom. The maximum atomic E-state index is 6.01. The van der Waals surface area contributed by atoms with Gasteiger partial charge in [-0.25, -0.2) is 0 Å². The highest BCUT2D eigenvalue weighted by Gasteiger charge is 2.21. The molecular weight excluding hydrogens is 232 g/mol. The number of fused-ring (bicyclic) bond motifs is 1. The summed E-state index contributed by atoms with van der Waals surface area (Å²) in [5.74, 6) is 1.41. The summed E-state index contributed by atoms with van der Waals surface area (Å²) >= 11 is 6.01.